The van der Waals surface area contributed by atoms with E-state index in [1.807, 2.05) is 42.5 Å². The van der Waals surface area contributed by atoms with Gasteiger partial charge in [0.25, 0.3) is 0 Å². The third-order valence-corrected chi connectivity index (χ3v) is 5.80. The average molecular weight is 433 g/mol. The SMILES string of the molecule is COc1ccc(-c2nc(CS(=O)CC(=O)NCc3ccccc3Cl)c(C)o2)cc1. The average Bonchev–Trinajstić information content (AvgIpc) is 3.07. The van der Waals surface area contributed by atoms with Crippen LogP contribution in [0.2, 0.25) is 5.02 Å². The van der Waals surface area contributed by atoms with E-state index in [0.717, 1.165) is 16.9 Å². The van der Waals surface area contributed by atoms with Gasteiger partial charge in [-0.25, -0.2) is 4.98 Å². The second kappa shape index (κ2) is 9.71. The van der Waals surface area contributed by atoms with Gasteiger partial charge in [0.05, 0.1) is 18.6 Å². The lowest BCUT2D eigenvalue weighted by molar-refractivity contribution is -0.118. The van der Waals surface area contributed by atoms with Gasteiger partial charge in [-0.2, -0.15) is 0 Å². The van der Waals surface area contributed by atoms with Crippen molar-refractivity contribution in [2.24, 2.45) is 0 Å². The van der Waals surface area contributed by atoms with Crippen LogP contribution in [-0.4, -0.2) is 28.0 Å². The van der Waals surface area contributed by atoms with Crippen LogP contribution in [0.1, 0.15) is 17.0 Å². The molecule has 1 atom stereocenters. The van der Waals surface area contributed by atoms with Crippen LogP contribution in [0.5, 0.6) is 5.75 Å². The number of amides is 1. The van der Waals surface area contributed by atoms with E-state index in [1.165, 1.54) is 0 Å². The predicted molar refractivity (Wildman–Crippen MR) is 113 cm³/mol. The Bertz CT molecular complexity index is 1020. The number of carbonyl (C=O) groups is 1. The van der Waals surface area contributed by atoms with Crippen LogP contribution < -0.4 is 10.1 Å². The number of nitrogens with zero attached hydrogens (tertiary/aromatic N) is 1. The highest BCUT2D eigenvalue weighted by molar-refractivity contribution is 7.84. The van der Waals surface area contributed by atoms with Crippen molar-refractivity contribution < 1.29 is 18.2 Å². The quantitative estimate of drug-likeness (QED) is 0.584. The summed E-state index contributed by atoms with van der Waals surface area (Å²) in [6.07, 6.45) is 0. The second-order valence-electron chi connectivity index (χ2n) is 6.35. The van der Waals surface area contributed by atoms with Crippen molar-refractivity contribution in [1.82, 2.24) is 10.3 Å². The molecule has 29 heavy (non-hydrogen) atoms. The number of hydrogen-bond acceptors (Lipinski definition) is 5. The van der Waals surface area contributed by atoms with E-state index in [2.05, 4.69) is 10.3 Å². The summed E-state index contributed by atoms with van der Waals surface area (Å²) < 4.78 is 23.2. The largest absolute Gasteiger partial charge is 0.497 e. The Kier molecular flexibility index (Phi) is 7.06. The Balaban J connectivity index is 1.56. The Morgan fingerprint density at radius 2 is 1.93 bits per heavy atom. The fourth-order valence-electron chi connectivity index (χ4n) is 2.66. The molecule has 0 radical (unpaired) electrons. The van der Waals surface area contributed by atoms with Gasteiger partial charge in [-0.05, 0) is 42.8 Å². The molecule has 152 valence electrons. The van der Waals surface area contributed by atoms with E-state index in [-0.39, 0.29) is 17.4 Å². The number of methoxy groups -OCH3 is 1. The van der Waals surface area contributed by atoms with Crippen LogP contribution in [-0.2, 0) is 27.9 Å². The zero-order valence-electron chi connectivity index (χ0n) is 16.1. The van der Waals surface area contributed by atoms with E-state index < -0.39 is 10.8 Å². The first-order valence-corrected chi connectivity index (χ1v) is 10.8. The van der Waals surface area contributed by atoms with E-state index in [4.69, 9.17) is 20.8 Å². The molecule has 1 unspecified atom stereocenters. The van der Waals surface area contributed by atoms with Gasteiger partial charge in [0.1, 0.15) is 17.3 Å². The van der Waals surface area contributed by atoms with Crippen molar-refractivity contribution in [2.75, 3.05) is 12.9 Å². The maximum Gasteiger partial charge on any atom is 0.232 e. The number of aromatic nitrogens is 1. The molecule has 1 aromatic heterocycles. The molecular weight excluding hydrogens is 412 g/mol. The van der Waals surface area contributed by atoms with Crippen molar-refractivity contribution in [3.63, 3.8) is 0 Å². The molecule has 1 heterocycles. The lowest BCUT2D eigenvalue weighted by atomic mass is 10.2. The topological polar surface area (TPSA) is 81.4 Å². The summed E-state index contributed by atoms with van der Waals surface area (Å²) in [5.74, 6) is 1.49. The number of rotatable bonds is 8. The number of hydrogen-bond donors (Lipinski definition) is 1. The second-order valence-corrected chi connectivity index (χ2v) is 8.21. The third kappa shape index (κ3) is 5.68. The van der Waals surface area contributed by atoms with Crippen LogP contribution in [0.15, 0.2) is 52.9 Å². The lowest BCUT2D eigenvalue weighted by Crippen LogP contribution is -2.28. The van der Waals surface area contributed by atoms with Gasteiger partial charge in [0.15, 0.2) is 0 Å². The first kappa shape index (κ1) is 21.1. The molecular formula is C21H21ClN2O4S. The van der Waals surface area contributed by atoms with E-state index in [9.17, 15) is 9.00 Å². The summed E-state index contributed by atoms with van der Waals surface area (Å²) in [5.41, 5.74) is 2.18. The smallest absolute Gasteiger partial charge is 0.232 e. The molecule has 1 amide bonds. The zero-order valence-corrected chi connectivity index (χ0v) is 17.7. The first-order chi connectivity index (χ1) is 14.0. The number of oxazole rings is 1. The summed E-state index contributed by atoms with van der Waals surface area (Å²) in [4.78, 5) is 16.5. The maximum absolute atomic E-state index is 12.4. The molecule has 0 fully saturated rings. The number of halogens is 1. The van der Waals surface area contributed by atoms with Crippen LogP contribution in [0.4, 0.5) is 0 Å². The van der Waals surface area contributed by atoms with Gasteiger partial charge in [-0.15, -0.1) is 0 Å². The molecule has 0 saturated heterocycles. The van der Waals surface area contributed by atoms with Crippen molar-refractivity contribution >= 4 is 28.3 Å². The van der Waals surface area contributed by atoms with E-state index >= 15 is 0 Å². The minimum Gasteiger partial charge on any atom is -0.497 e. The molecule has 0 saturated carbocycles. The van der Waals surface area contributed by atoms with Crippen molar-refractivity contribution in [1.29, 1.82) is 0 Å². The highest BCUT2D eigenvalue weighted by atomic mass is 35.5. The zero-order chi connectivity index (χ0) is 20.8. The molecule has 2 aromatic carbocycles. The molecule has 0 aliphatic rings. The monoisotopic (exact) mass is 432 g/mol. The van der Waals surface area contributed by atoms with Gasteiger partial charge in [-0.1, -0.05) is 29.8 Å². The summed E-state index contributed by atoms with van der Waals surface area (Å²) >= 11 is 6.07. The van der Waals surface area contributed by atoms with Gasteiger partial charge in [0, 0.05) is 27.9 Å². The number of benzene rings is 2. The van der Waals surface area contributed by atoms with Crippen LogP contribution >= 0.6 is 11.6 Å². The minimum atomic E-state index is -1.41. The number of carbonyl (C=O) groups excluding carboxylic acids is 1. The van der Waals surface area contributed by atoms with Crippen molar-refractivity contribution in [3.05, 3.63) is 70.6 Å². The summed E-state index contributed by atoms with van der Waals surface area (Å²) in [6.45, 7) is 2.06. The molecule has 8 heteroatoms. The summed E-state index contributed by atoms with van der Waals surface area (Å²) in [6, 6.07) is 14.6. The third-order valence-electron chi connectivity index (χ3n) is 4.25. The van der Waals surface area contributed by atoms with Gasteiger partial charge >= 0.3 is 0 Å². The molecule has 0 aliphatic carbocycles. The van der Waals surface area contributed by atoms with Crippen LogP contribution in [0.3, 0.4) is 0 Å². The van der Waals surface area contributed by atoms with E-state index in [0.29, 0.717) is 28.9 Å². The molecule has 0 spiro atoms. The van der Waals surface area contributed by atoms with Crippen LogP contribution in [0.25, 0.3) is 11.5 Å². The van der Waals surface area contributed by atoms with Crippen molar-refractivity contribution in [3.8, 4) is 17.2 Å². The standard InChI is InChI=1S/C21H21ClN2O4S/c1-14-19(24-21(28-14)15-7-9-17(27-2)10-8-15)12-29(26)13-20(25)23-11-16-5-3-4-6-18(16)22/h3-10H,11-13H2,1-2H3,(H,23,25). The fourth-order valence-corrected chi connectivity index (χ4v) is 3.93. The minimum absolute atomic E-state index is 0.116. The van der Waals surface area contributed by atoms with Gasteiger partial charge < -0.3 is 14.5 Å². The van der Waals surface area contributed by atoms with Crippen molar-refractivity contribution in [2.45, 2.75) is 19.2 Å². The predicted octanol–water partition coefficient (Wildman–Crippen LogP) is 3.88. The number of nitrogens with one attached hydrogen (secondary N) is 1. The Morgan fingerprint density at radius 3 is 2.62 bits per heavy atom. The Labute approximate surface area is 176 Å². The van der Waals surface area contributed by atoms with Gasteiger partial charge in [0.2, 0.25) is 11.8 Å². The first-order valence-electron chi connectivity index (χ1n) is 8.92. The van der Waals surface area contributed by atoms with Gasteiger partial charge in [-0.3, -0.25) is 9.00 Å². The number of aryl methyl sites for hydroxylation is 1. The highest BCUT2D eigenvalue weighted by Gasteiger charge is 2.16. The molecule has 0 bridgehead atoms. The molecule has 0 aliphatic heterocycles. The number of ether oxygens (including phenoxy) is 1. The molecule has 3 aromatic rings. The molecule has 1 N–H and O–H groups in total. The molecule has 6 nitrogen and oxygen atoms in total. The normalized spacial score (nSPS) is 11.8. The molecule has 3 rings (SSSR count). The Hall–Kier alpha value is -2.64. The maximum atomic E-state index is 12.4. The summed E-state index contributed by atoms with van der Waals surface area (Å²) in [7, 11) is 0.189. The highest BCUT2D eigenvalue weighted by Crippen LogP contribution is 2.24. The van der Waals surface area contributed by atoms with E-state index in [1.54, 1.807) is 20.1 Å². The fraction of sp³-hybridized carbons (Fsp3) is 0.238. The van der Waals surface area contributed by atoms with Crippen LogP contribution in [0, 0.1) is 6.92 Å². The summed E-state index contributed by atoms with van der Waals surface area (Å²) in [5, 5.41) is 3.32. The Morgan fingerprint density at radius 1 is 1.21 bits per heavy atom. The lowest BCUT2D eigenvalue weighted by Gasteiger charge is -2.06.